The van der Waals surface area contributed by atoms with Gasteiger partial charge in [-0.1, -0.05) is 0 Å². The van der Waals surface area contributed by atoms with Gasteiger partial charge in [-0.25, -0.2) is 4.98 Å². The lowest BCUT2D eigenvalue weighted by Gasteiger charge is -2.20. The highest BCUT2D eigenvalue weighted by molar-refractivity contribution is 5.98. The lowest BCUT2D eigenvalue weighted by Crippen LogP contribution is -2.30. The van der Waals surface area contributed by atoms with E-state index in [1.54, 1.807) is 6.07 Å². The third-order valence-corrected chi connectivity index (χ3v) is 2.21. The molecule has 0 fully saturated rings. The molecule has 1 amide bonds. The lowest BCUT2D eigenvalue weighted by atomic mass is 10.2. The number of likely N-dealkylation sites (N-methyl/N-ethyl adjacent to an activating group) is 2. The molecule has 6 heteroatoms. The van der Waals surface area contributed by atoms with E-state index in [0.29, 0.717) is 17.1 Å². The van der Waals surface area contributed by atoms with Crippen molar-refractivity contribution in [2.24, 2.45) is 5.73 Å². The van der Waals surface area contributed by atoms with Crippen molar-refractivity contribution in [1.82, 2.24) is 10.3 Å². The van der Waals surface area contributed by atoms with E-state index in [9.17, 15) is 4.79 Å². The summed E-state index contributed by atoms with van der Waals surface area (Å²) >= 11 is 0. The van der Waals surface area contributed by atoms with Gasteiger partial charge in [-0.3, -0.25) is 4.79 Å². The summed E-state index contributed by atoms with van der Waals surface area (Å²) in [6.45, 7) is 1.52. The molecule has 0 saturated heterocycles. The fourth-order valence-corrected chi connectivity index (χ4v) is 1.34. The molecule has 0 spiro atoms. The molecule has 1 heterocycles. The Hall–Kier alpha value is -1.82. The first-order valence-electron chi connectivity index (χ1n) is 4.97. The van der Waals surface area contributed by atoms with Crippen LogP contribution in [-0.4, -0.2) is 38.1 Å². The molecule has 0 unspecified atom stereocenters. The molecule has 0 aliphatic rings. The van der Waals surface area contributed by atoms with Crippen LogP contribution in [0.25, 0.3) is 0 Å². The van der Waals surface area contributed by atoms with Gasteiger partial charge in [-0.05, 0) is 13.1 Å². The third kappa shape index (κ3) is 2.83. The van der Waals surface area contributed by atoms with Crippen LogP contribution < -0.4 is 21.7 Å². The number of aromatic nitrogens is 1. The average molecular weight is 223 g/mol. The molecular weight excluding hydrogens is 206 g/mol. The second kappa shape index (κ2) is 5.32. The second-order valence-corrected chi connectivity index (χ2v) is 3.53. The van der Waals surface area contributed by atoms with Gasteiger partial charge in [0, 0.05) is 20.1 Å². The van der Waals surface area contributed by atoms with Crippen LogP contribution in [0.5, 0.6) is 0 Å². The highest BCUT2D eigenvalue weighted by Crippen LogP contribution is 2.17. The zero-order chi connectivity index (χ0) is 12.1. The Bertz CT molecular complexity index is 379. The molecule has 0 aliphatic carbocycles. The van der Waals surface area contributed by atoms with Gasteiger partial charge in [0.1, 0.15) is 5.82 Å². The quantitative estimate of drug-likeness (QED) is 0.620. The number of nitrogens with zero attached hydrogens (tertiary/aromatic N) is 2. The van der Waals surface area contributed by atoms with Crippen molar-refractivity contribution < 1.29 is 4.79 Å². The van der Waals surface area contributed by atoms with Gasteiger partial charge in [0.2, 0.25) is 0 Å². The number of carbonyl (C=O) groups is 1. The first-order valence-corrected chi connectivity index (χ1v) is 4.97. The topological polar surface area (TPSA) is 97.3 Å². The van der Waals surface area contributed by atoms with Gasteiger partial charge in [0.25, 0.3) is 5.91 Å². The van der Waals surface area contributed by atoms with Crippen molar-refractivity contribution in [2.45, 2.75) is 0 Å². The van der Waals surface area contributed by atoms with Crippen LogP contribution in [0, 0.1) is 0 Å². The SMILES string of the molecule is CNCCN(C)c1ncc(N)cc1C(N)=O. The zero-order valence-electron chi connectivity index (χ0n) is 9.53. The van der Waals surface area contributed by atoms with Gasteiger partial charge < -0.3 is 21.7 Å². The van der Waals surface area contributed by atoms with Crippen LogP contribution in [0.3, 0.4) is 0 Å². The molecule has 6 nitrogen and oxygen atoms in total. The number of nitrogens with two attached hydrogens (primary N) is 2. The normalized spacial score (nSPS) is 10.1. The molecule has 0 aliphatic heterocycles. The fourth-order valence-electron chi connectivity index (χ4n) is 1.34. The first kappa shape index (κ1) is 12.3. The molecule has 16 heavy (non-hydrogen) atoms. The summed E-state index contributed by atoms with van der Waals surface area (Å²) in [5.41, 5.74) is 11.6. The summed E-state index contributed by atoms with van der Waals surface area (Å²) in [5, 5.41) is 3.02. The van der Waals surface area contributed by atoms with E-state index in [1.165, 1.54) is 6.20 Å². The molecule has 1 aromatic heterocycles. The van der Waals surface area contributed by atoms with E-state index >= 15 is 0 Å². The minimum atomic E-state index is -0.522. The summed E-state index contributed by atoms with van der Waals surface area (Å²) in [6.07, 6.45) is 1.51. The van der Waals surface area contributed by atoms with Crippen molar-refractivity contribution in [1.29, 1.82) is 0 Å². The highest BCUT2D eigenvalue weighted by Gasteiger charge is 2.13. The highest BCUT2D eigenvalue weighted by atomic mass is 16.1. The van der Waals surface area contributed by atoms with Crippen molar-refractivity contribution in [2.75, 3.05) is 37.8 Å². The predicted octanol–water partition coefficient (Wildman–Crippen LogP) is -0.582. The Morgan fingerprint density at radius 3 is 2.88 bits per heavy atom. The predicted molar refractivity (Wildman–Crippen MR) is 64.4 cm³/mol. The Labute approximate surface area is 94.6 Å². The maximum atomic E-state index is 11.2. The molecule has 0 radical (unpaired) electrons. The van der Waals surface area contributed by atoms with E-state index in [2.05, 4.69) is 10.3 Å². The molecule has 1 rings (SSSR count). The summed E-state index contributed by atoms with van der Waals surface area (Å²) in [5.74, 6) is 0.0306. The molecule has 0 bridgehead atoms. The Balaban J connectivity index is 2.98. The number of primary amides is 1. The Kier molecular flexibility index (Phi) is 4.07. The number of amides is 1. The number of hydrogen-bond donors (Lipinski definition) is 3. The van der Waals surface area contributed by atoms with Gasteiger partial charge in [-0.15, -0.1) is 0 Å². The average Bonchev–Trinajstić information content (AvgIpc) is 2.25. The van der Waals surface area contributed by atoms with Crippen molar-refractivity contribution >= 4 is 17.4 Å². The molecule has 0 atom stereocenters. The number of nitrogens with one attached hydrogen (secondary N) is 1. The van der Waals surface area contributed by atoms with Crippen LogP contribution in [-0.2, 0) is 0 Å². The van der Waals surface area contributed by atoms with Crippen molar-refractivity contribution in [3.05, 3.63) is 17.8 Å². The monoisotopic (exact) mass is 223 g/mol. The van der Waals surface area contributed by atoms with Crippen molar-refractivity contribution in [3.8, 4) is 0 Å². The number of pyridine rings is 1. The maximum absolute atomic E-state index is 11.2. The van der Waals surface area contributed by atoms with Crippen molar-refractivity contribution in [3.63, 3.8) is 0 Å². The standard InChI is InChI=1S/C10H17N5O/c1-13-3-4-15(2)10-8(9(12)16)5-7(11)6-14-10/h5-6,13H,3-4,11H2,1-2H3,(H2,12,16). The third-order valence-electron chi connectivity index (χ3n) is 2.21. The molecule has 0 aromatic carbocycles. The summed E-state index contributed by atoms with van der Waals surface area (Å²) < 4.78 is 0. The van der Waals surface area contributed by atoms with Crippen LogP contribution in [0.1, 0.15) is 10.4 Å². The van der Waals surface area contributed by atoms with Crippen LogP contribution in [0.2, 0.25) is 0 Å². The van der Waals surface area contributed by atoms with E-state index in [4.69, 9.17) is 11.5 Å². The molecule has 88 valence electrons. The maximum Gasteiger partial charge on any atom is 0.252 e. The lowest BCUT2D eigenvalue weighted by molar-refractivity contribution is 0.100. The molecule has 5 N–H and O–H groups in total. The summed E-state index contributed by atoms with van der Waals surface area (Å²) in [4.78, 5) is 17.2. The number of hydrogen-bond acceptors (Lipinski definition) is 5. The minimum absolute atomic E-state index is 0.346. The number of carbonyl (C=O) groups excluding carboxylic acids is 1. The van der Waals surface area contributed by atoms with Gasteiger partial charge in [0.15, 0.2) is 0 Å². The van der Waals surface area contributed by atoms with E-state index in [0.717, 1.165) is 13.1 Å². The Morgan fingerprint density at radius 2 is 2.31 bits per heavy atom. The van der Waals surface area contributed by atoms with Gasteiger partial charge in [0.05, 0.1) is 17.4 Å². The summed E-state index contributed by atoms with van der Waals surface area (Å²) in [6, 6.07) is 1.54. The number of nitrogen functional groups attached to an aromatic ring is 1. The van der Waals surface area contributed by atoms with E-state index in [-0.39, 0.29) is 0 Å². The number of anilines is 2. The Morgan fingerprint density at radius 1 is 1.62 bits per heavy atom. The number of rotatable bonds is 5. The second-order valence-electron chi connectivity index (χ2n) is 3.53. The molecule has 0 saturated carbocycles. The van der Waals surface area contributed by atoms with Gasteiger partial charge >= 0.3 is 0 Å². The molecule has 1 aromatic rings. The largest absolute Gasteiger partial charge is 0.397 e. The first-order chi connectivity index (χ1) is 7.56. The fraction of sp³-hybridized carbons (Fsp3) is 0.400. The molecular formula is C10H17N5O. The minimum Gasteiger partial charge on any atom is -0.397 e. The van der Waals surface area contributed by atoms with Gasteiger partial charge in [-0.2, -0.15) is 0 Å². The van der Waals surface area contributed by atoms with Crippen LogP contribution in [0.15, 0.2) is 12.3 Å². The van der Waals surface area contributed by atoms with Crippen LogP contribution in [0.4, 0.5) is 11.5 Å². The van der Waals surface area contributed by atoms with E-state index in [1.807, 2.05) is 19.0 Å². The van der Waals surface area contributed by atoms with E-state index < -0.39 is 5.91 Å². The zero-order valence-corrected chi connectivity index (χ0v) is 9.53. The summed E-state index contributed by atoms with van der Waals surface area (Å²) in [7, 11) is 3.71. The van der Waals surface area contributed by atoms with Crippen LogP contribution >= 0.6 is 0 Å². The smallest absolute Gasteiger partial charge is 0.252 e.